The summed E-state index contributed by atoms with van der Waals surface area (Å²) in [6, 6.07) is 8.23. The van der Waals surface area contributed by atoms with Crippen LogP contribution in [0.4, 0.5) is 4.39 Å². The summed E-state index contributed by atoms with van der Waals surface area (Å²) in [6.45, 7) is 4.09. The number of ketones is 2. The fraction of sp³-hybridized carbons (Fsp3) is 0.533. The molecule has 3 fully saturated rings. The molecule has 1 aromatic rings. The monoisotopic (exact) mass is 558 g/mol. The lowest BCUT2D eigenvalue weighted by Gasteiger charge is -2.64. The van der Waals surface area contributed by atoms with Gasteiger partial charge in [0.15, 0.2) is 18.0 Å². The lowest BCUT2D eigenvalue weighted by atomic mass is 9.45. The molecule has 1 unspecified atom stereocenters. The Kier molecular flexibility index (Phi) is 6.66. The Hall–Kier alpha value is -2.84. The predicted molar refractivity (Wildman–Crippen MR) is 140 cm³/mol. The molecule has 0 heterocycles. The summed E-state index contributed by atoms with van der Waals surface area (Å²) in [5.74, 6) is -3.32. The fourth-order valence-corrected chi connectivity index (χ4v) is 8.44. The van der Waals surface area contributed by atoms with E-state index in [0.717, 1.165) is 0 Å². The molecule has 1 aromatic carbocycles. The fourth-order valence-electron chi connectivity index (χ4n) is 7.95. The van der Waals surface area contributed by atoms with Crippen LogP contribution in [-0.2, 0) is 23.9 Å². The van der Waals surface area contributed by atoms with E-state index in [4.69, 9.17) is 21.1 Å². The Bertz CT molecular complexity index is 1290. The largest absolute Gasteiger partial charge is 0.458 e. The van der Waals surface area contributed by atoms with Gasteiger partial charge in [-0.3, -0.25) is 14.4 Å². The standard InChI is InChI=1S/C30H32ClFO7/c1-17(33)38-16-25(36)29(39-26(37)18-7-5-4-6-8-18)12-10-20-21-14-23(32)22-13-19(34)9-11-27(22,2)30(21,31)24(35)15-28(20,29)3/h4-9,11,13,20-21,23-24,35H,10,12,14-16H2,1-3H3/t20-,21-,23-,24?,27-,28-,29-,30-/m0/s1. The number of fused-ring (bicyclic) bond motifs is 5. The van der Waals surface area contributed by atoms with E-state index in [1.165, 1.54) is 19.1 Å². The molecule has 39 heavy (non-hydrogen) atoms. The van der Waals surface area contributed by atoms with E-state index in [1.807, 2.05) is 0 Å². The molecule has 9 heteroatoms. The zero-order valence-corrected chi connectivity index (χ0v) is 22.9. The molecular formula is C30H32ClFO7. The number of esters is 2. The smallest absolute Gasteiger partial charge is 0.339 e. The molecule has 1 N–H and O–H groups in total. The molecule has 3 saturated carbocycles. The Morgan fingerprint density at radius 3 is 2.51 bits per heavy atom. The number of aliphatic hydroxyl groups excluding tert-OH is 1. The number of carbonyl (C=O) groups excluding carboxylic acids is 4. The topological polar surface area (TPSA) is 107 Å². The third-order valence-corrected chi connectivity index (χ3v) is 10.8. The van der Waals surface area contributed by atoms with Gasteiger partial charge < -0.3 is 14.6 Å². The van der Waals surface area contributed by atoms with Crippen molar-refractivity contribution in [3.05, 3.63) is 59.7 Å². The van der Waals surface area contributed by atoms with Crippen molar-refractivity contribution in [2.75, 3.05) is 6.61 Å². The number of hydrogen-bond acceptors (Lipinski definition) is 7. The van der Waals surface area contributed by atoms with E-state index in [-0.39, 0.29) is 36.2 Å². The van der Waals surface area contributed by atoms with Crippen LogP contribution in [0.1, 0.15) is 56.8 Å². The number of aliphatic hydroxyl groups is 1. The van der Waals surface area contributed by atoms with Crippen LogP contribution in [0.5, 0.6) is 0 Å². The second kappa shape index (κ2) is 9.37. The molecule has 4 aliphatic rings. The molecule has 4 aliphatic carbocycles. The molecule has 0 spiro atoms. The Morgan fingerprint density at radius 2 is 1.85 bits per heavy atom. The van der Waals surface area contributed by atoms with Crippen molar-refractivity contribution in [3.8, 4) is 0 Å². The second-order valence-electron chi connectivity index (χ2n) is 11.7. The third-order valence-electron chi connectivity index (χ3n) is 9.88. The maximum Gasteiger partial charge on any atom is 0.339 e. The summed E-state index contributed by atoms with van der Waals surface area (Å²) in [4.78, 5) is 49.5. The normalized spacial score (nSPS) is 40.6. The van der Waals surface area contributed by atoms with E-state index in [9.17, 15) is 24.3 Å². The number of carbonyl (C=O) groups is 4. The van der Waals surface area contributed by atoms with Crippen LogP contribution in [0.2, 0.25) is 0 Å². The maximum atomic E-state index is 15.8. The summed E-state index contributed by atoms with van der Waals surface area (Å²) in [5, 5.41) is 11.8. The van der Waals surface area contributed by atoms with Gasteiger partial charge in [-0.2, -0.15) is 0 Å². The summed E-state index contributed by atoms with van der Waals surface area (Å²) < 4.78 is 26.9. The SMILES string of the molecule is CC(=O)OCC(=O)[C@@]1(OC(=O)c2ccccc2)CC[C@H]2[C@@H]3C[C@H](F)C4=CC(=O)C=C[C@]4(C)[C@@]3(Cl)C(O)C[C@@]21C. The van der Waals surface area contributed by atoms with Gasteiger partial charge >= 0.3 is 11.9 Å². The minimum atomic E-state index is -1.74. The van der Waals surface area contributed by atoms with Gasteiger partial charge in [0.05, 0.1) is 16.5 Å². The van der Waals surface area contributed by atoms with Crippen LogP contribution >= 0.6 is 11.6 Å². The number of ether oxygens (including phenoxy) is 2. The minimum absolute atomic E-state index is 0.0207. The van der Waals surface area contributed by atoms with Crippen molar-refractivity contribution >= 4 is 35.1 Å². The number of allylic oxidation sites excluding steroid dienone is 4. The van der Waals surface area contributed by atoms with Crippen LogP contribution in [0.25, 0.3) is 0 Å². The van der Waals surface area contributed by atoms with E-state index in [1.54, 1.807) is 50.3 Å². The summed E-state index contributed by atoms with van der Waals surface area (Å²) in [7, 11) is 0. The first-order chi connectivity index (χ1) is 18.3. The highest BCUT2D eigenvalue weighted by Crippen LogP contribution is 2.71. The van der Waals surface area contributed by atoms with E-state index < -0.39 is 69.7 Å². The minimum Gasteiger partial charge on any atom is -0.458 e. The second-order valence-corrected chi connectivity index (χ2v) is 12.3. The van der Waals surface area contributed by atoms with Gasteiger partial charge in [0.1, 0.15) is 6.17 Å². The van der Waals surface area contributed by atoms with Crippen molar-refractivity contribution in [1.29, 1.82) is 0 Å². The molecular weight excluding hydrogens is 527 g/mol. The summed E-state index contributed by atoms with van der Waals surface area (Å²) in [6.07, 6.45) is 1.91. The van der Waals surface area contributed by atoms with Crippen LogP contribution in [0.15, 0.2) is 54.1 Å². The van der Waals surface area contributed by atoms with Gasteiger partial charge in [0.2, 0.25) is 5.78 Å². The van der Waals surface area contributed by atoms with Crippen molar-refractivity contribution in [1.82, 2.24) is 0 Å². The van der Waals surface area contributed by atoms with Crippen molar-refractivity contribution in [2.24, 2.45) is 22.7 Å². The molecule has 0 saturated heterocycles. The first kappa shape index (κ1) is 27.7. The van der Waals surface area contributed by atoms with Crippen LogP contribution in [0, 0.1) is 22.7 Å². The Balaban J connectivity index is 1.59. The molecule has 0 amide bonds. The van der Waals surface area contributed by atoms with E-state index in [2.05, 4.69) is 0 Å². The highest BCUT2D eigenvalue weighted by Gasteiger charge is 2.75. The summed E-state index contributed by atoms with van der Waals surface area (Å²) >= 11 is 7.38. The van der Waals surface area contributed by atoms with Crippen molar-refractivity contribution < 1.29 is 38.1 Å². The quantitative estimate of drug-likeness (QED) is 0.424. The average Bonchev–Trinajstić information content (AvgIpc) is 3.18. The van der Waals surface area contributed by atoms with Gasteiger partial charge in [-0.05, 0) is 67.4 Å². The number of benzene rings is 1. The highest BCUT2D eigenvalue weighted by molar-refractivity contribution is 6.26. The van der Waals surface area contributed by atoms with Crippen molar-refractivity contribution in [2.45, 2.75) is 69.2 Å². The first-order valence-electron chi connectivity index (χ1n) is 13.2. The molecule has 5 rings (SSSR count). The van der Waals surface area contributed by atoms with Crippen LogP contribution in [0.3, 0.4) is 0 Å². The molecule has 0 aliphatic heterocycles. The first-order valence-corrected chi connectivity index (χ1v) is 13.6. The lowest BCUT2D eigenvalue weighted by Crippen LogP contribution is -2.70. The third kappa shape index (κ3) is 3.85. The number of rotatable bonds is 5. The molecule has 0 aromatic heterocycles. The maximum absolute atomic E-state index is 15.8. The zero-order valence-electron chi connectivity index (χ0n) is 22.1. The van der Waals surface area contributed by atoms with Gasteiger partial charge in [0.25, 0.3) is 0 Å². The van der Waals surface area contributed by atoms with Gasteiger partial charge in [-0.25, -0.2) is 9.18 Å². The lowest BCUT2D eigenvalue weighted by molar-refractivity contribution is -0.179. The van der Waals surface area contributed by atoms with Crippen LogP contribution < -0.4 is 0 Å². The van der Waals surface area contributed by atoms with E-state index in [0.29, 0.717) is 6.42 Å². The molecule has 0 bridgehead atoms. The number of halogens is 2. The molecule has 0 radical (unpaired) electrons. The molecule has 208 valence electrons. The highest BCUT2D eigenvalue weighted by atomic mass is 35.5. The molecule has 7 nitrogen and oxygen atoms in total. The van der Waals surface area contributed by atoms with Crippen LogP contribution in [-0.4, -0.2) is 58.0 Å². The predicted octanol–water partition coefficient (Wildman–Crippen LogP) is 4.30. The molecule has 8 atom stereocenters. The number of alkyl halides is 2. The Morgan fingerprint density at radius 1 is 1.15 bits per heavy atom. The van der Waals surface area contributed by atoms with Gasteiger partial charge in [-0.15, -0.1) is 11.6 Å². The van der Waals surface area contributed by atoms with Gasteiger partial charge in [0, 0.05) is 17.8 Å². The number of hydrogen-bond donors (Lipinski definition) is 1. The average molecular weight is 559 g/mol. The van der Waals surface area contributed by atoms with E-state index >= 15 is 4.39 Å². The number of Topliss-reactive ketones (excluding diaryl/α,β-unsaturated/α-hetero) is 1. The van der Waals surface area contributed by atoms with Gasteiger partial charge in [-0.1, -0.05) is 38.1 Å². The Labute approximate surface area is 231 Å². The van der Waals surface area contributed by atoms with Crippen molar-refractivity contribution in [3.63, 3.8) is 0 Å². The zero-order chi connectivity index (χ0) is 28.4. The summed E-state index contributed by atoms with van der Waals surface area (Å²) in [5.41, 5.74) is -3.52.